The van der Waals surface area contributed by atoms with Gasteiger partial charge in [0.05, 0.1) is 0 Å². The van der Waals surface area contributed by atoms with Crippen molar-refractivity contribution in [2.24, 2.45) is 23.5 Å². The minimum Gasteiger partial charge on any atom is -0.444 e. The van der Waals surface area contributed by atoms with Crippen LogP contribution in [-0.2, 0) is 9.47 Å². The molecule has 0 radical (unpaired) electrons. The van der Waals surface area contributed by atoms with Crippen LogP contribution in [0.1, 0.15) is 47.2 Å². The van der Waals surface area contributed by atoms with E-state index in [-0.39, 0.29) is 12.2 Å². The molecule has 66 heavy (non-hydrogen) atoms. The van der Waals surface area contributed by atoms with E-state index in [0.29, 0.717) is 47.7 Å². The SMILES string of the molecule is CC(C)(C)OC(=O)N1CC(CN)C1.CC(C)(C)OC(=O)N1CC(CNc2ccc(N)cc2)C1.Cc1cccc(-c2nccc(Nc3ccnc(Nc4ccc(NCC5CNC5)cc4)n3)n2)n1. The molecule has 0 atom stereocenters. The van der Waals surface area contributed by atoms with Gasteiger partial charge in [0.1, 0.15) is 28.5 Å². The Labute approximate surface area is 388 Å². The van der Waals surface area contributed by atoms with Crippen LogP contribution in [0.3, 0.4) is 0 Å². The van der Waals surface area contributed by atoms with Crippen molar-refractivity contribution in [1.82, 2.24) is 40.0 Å². The van der Waals surface area contributed by atoms with Crippen molar-refractivity contribution in [3.63, 3.8) is 0 Å². The first kappa shape index (κ1) is 48.7. The number of likely N-dealkylation sites (tertiary alicyclic amines) is 2. The number of carbonyl (C=O) groups excluding carboxylic acids is 2. The Morgan fingerprint density at radius 2 is 1.20 bits per heavy atom. The Kier molecular flexibility index (Phi) is 16.5. The Balaban J connectivity index is 0.000000185. The molecule has 3 fully saturated rings. The lowest BCUT2D eigenvalue weighted by atomic mass is 10.0. The zero-order valence-electron chi connectivity index (χ0n) is 39.2. The van der Waals surface area contributed by atoms with E-state index in [1.807, 2.05) is 103 Å². The second kappa shape index (κ2) is 22.4. The van der Waals surface area contributed by atoms with Crippen molar-refractivity contribution in [3.8, 4) is 11.5 Å². The number of rotatable bonds is 12. The van der Waals surface area contributed by atoms with Gasteiger partial charge in [0.25, 0.3) is 0 Å². The summed E-state index contributed by atoms with van der Waals surface area (Å²) >= 11 is 0. The summed E-state index contributed by atoms with van der Waals surface area (Å²) in [6.07, 6.45) is 2.95. The Hall–Kier alpha value is -6.79. The molecule has 3 aliphatic heterocycles. The monoisotopic (exact) mass is 903 g/mol. The molecule has 352 valence electrons. The number of nitrogens with two attached hydrogens (primary N) is 2. The highest BCUT2D eigenvalue weighted by Gasteiger charge is 2.34. The lowest BCUT2D eigenvalue weighted by molar-refractivity contribution is -0.000290. The molecule has 0 unspecified atom stereocenters. The Bertz CT molecular complexity index is 2320. The summed E-state index contributed by atoms with van der Waals surface area (Å²) in [5, 5.41) is 16.6. The van der Waals surface area contributed by atoms with Crippen molar-refractivity contribution >= 4 is 52.5 Å². The number of aromatic nitrogens is 5. The Morgan fingerprint density at radius 3 is 1.74 bits per heavy atom. The number of nitrogen functional groups attached to an aromatic ring is 1. The van der Waals surface area contributed by atoms with E-state index < -0.39 is 11.2 Å². The lowest BCUT2D eigenvalue weighted by Gasteiger charge is -2.39. The van der Waals surface area contributed by atoms with Gasteiger partial charge < -0.3 is 57.3 Å². The maximum absolute atomic E-state index is 11.8. The third kappa shape index (κ3) is 15.7. The molecule has 5 aromatic rings. The third-order valence-corrected chi connectivity index (χ3v) is 10.3. The third-order valence-electron chi connectivity index (χ3n) is 10.3. The number of benzene rings is 2. The van der Waals surface area contributed by atoms with Crippen LogP contribution < -0.4 is 38.1 Å². The van der Waals surface area contributed by atoms with Crippen molar-refractivity contribution in [3.05, 3.63) is 97.0 Å². The summed E-state index contributed by atoms with van der Waals surface area (Å²) < 4.78 is 10.5. The minimum atomic E-state index is -0.426. The highest BCUT2D eigenvalue weighted by atomic mass is 16.6. The van der Waals surface area contributed by atoms with Crippen LogP contribution in [0.4, 0.5) is 49.9 Å². The van der Waals surface area contributed by atoms with Crippen LogP contribution in [0, 0.1) is 24.7 Å². The predicted molar refractivity (Wildman–Crippen MR) is 261 cm³/mol. The van der Waals surface area contributed by atoms with Gasteiger partial charge in [0, 0.05) is 111 Å². The number of hydrogen-bond donors (Lipinski definition) is 7. The molecule has 3 aromatic heterocycles. The van der Waals surface area contributed by atoms with Crippen LogP contribution in [0.15, 0.2) is 91.3 Å². The van der Waals surface area contributed by atoms with Gasteiger partial charge in [-0.1, -0.05) is 6.07 Å². The maximum atomic E-state index is 11.8. The highest BCUT2D eigenvalue weighted by Crippen LogP contribution is 2.23. The molecular formula is C48H66N14O4. The number of nitrogens with zero attached hydrogens (tertiary/aromatic N) is 7. The number of nitrogens with one attached hydrogen (secondary N) is 5. The highest BCUT2D eigenvalue weighted by molar-refractivity contribution is 5.70. The average molecular weight is 903 g/mol. The molecule has 0 bridgehead atoms. The summed E-state index contributed by atoms with van der Waals surface area (Å²) in [4.78, 5) is 48.8. The second-order valence-electron chi connectivity index (χ2n) is 18.7. The second-order valence-corrected chi connectivity index (χ2v) is 18.7. The fraction of sp³-hybridized carbons (Fsp3) is 0.438. The number of anilines is 7. The van der Waals surface area contributed by atoms with Crippen molar-refractivity contribution < 1.29 is 19.1 Å². The number of aryl methyl sites for hydroxylation is 1. The van der Waals surface area contributed by atoms with Crippen LogP contribution in [0.25, 0.3) is 11.5 Å². The van der Waals surface area contributed by atoms with Crippen molar-refractivity contribution in [1.29, 1.82) is 0 Å². The maximum Gasteiger partial charge on any atom is 0.410 e. The first-order valence-electron chi connectivity index (χ1n) is 22.4. The number of pyridine rings is 1. The first-order chi connectivity index (χ1) is 31.5. The molecule has 2 aromatic carbocycles. The quantitative estimate of drug-likeness (QED) is 0.0618. The van der Waals surface area contributed by atoms with E-state index in [9.17, 15) is 9.59 Å². The molecule has 0 spiro atoms. The molecule has 18 nitrogen and oxygen atoms in total. The van der Waals surface area contributed by atoms with Gasteiger partial charge in [-0.15, -0.1) is 0 Å². The molecule has 0 aliphatic carbocycles. The standard InChI is InChI=1S/C24H25N9.C15H23N3O2.C9H18N2O2/c1-16-3-2-4-20(29-16)23-26-11-9-21(32-23)31-22-10-12-27-24(33-22)30-19-7-5-18(6-8-19)28-15-17-13-25-14-17;1-15(2,3)20-14(19)18-9-11(10-18)8-17-13-6-4-12(16)5-7-13;1-9(2,3)13-8(12)11-5-7(4-10)6-11/h2-12,17,25,28H,13-15H2,1H3,(H2,26,27,30,31,32,33);4-7,11,17H,8-10,16H2,1-3H3;7H,4-6,10H2,1-3H3. The number of carbonyl (C=O) groups is 2. The molecule has 3 aliphatic rings. The molecular weight excluding hydrogens is 837 g/mol. The van der Waals surface area contributed by atoms with Gasteiger partial charge in [-0.05, 0) is 128 Å². The largest absolute Gasteiger partial charge is 0.444 e. The van der Waals surface area contributed by atoms with Gasteiger partial charge in [0.2, 0.25) is 5.95 Å². The van der Waals surface area contributed by atoms with Crippen molar-refractivity contribution in [2.75, 3.05) is 85.9 Å². The van der Waals surface area contributed by atoms with Gasteiger partial charge in [-0.25, -0.2) is 29.5 Å². The normalized spacial score (nSPS) is 15.0. The topological polar surface area (TPSA) is 236 Å². The van der Waals surface area contributed by atoms with E-state index >= 15 is 0 Å². The van der Waals surface area contributed by atoms with Gasteiger partial charge in [0.15, 0.2) is 5.82 Å². The van der Waals surface area contributed by atoms with Gasteiger partial charge in [-0.2, -0.15) is 4.98 Å². The van der Waals surface area contributed by atoms with E-state index in [1.165, 1.54) is 0 Å². The van der Waals surface area contributed by atoms with Crippen molar-refractivity contribution in [2.45, 2.75) is 59.7 Å². The van der Waals surface area contributed by atoms with Crippen LogP contribution in [0.5, 0.6) is 0 Å². The molecule has 8 rings (SSSR count). The fourth-order valence-electron chi connectivity index (χ4n) is 6.63. The van der Waals surface area contributed by atoms with Crippen LogP contribution >= 0.6 is 0 Å². The Morgan fingerprint density at radius 1 is 0.667 bits per heavy atom. The molecule has 6 heterocycles. The zero-order valence-corrected chi connectivity index (χ0v) is 39.2. The first-order valence-corrected chi connectivity index (χ1v) is 22.4. The summed E-state index contributed by atoms with van der Waals surface area (Å²) in [6, 6.07) is 25.1. The fourth-order valence-corrected chi connectivity index (χ4v) is 6.63. The minimum absolute atomic E-state index is 0.221. The van der Waals surface area contributed by atoms with E-state index in [1.54, 1.807) is 34.3 Å². The molecule has 9 N–H and O–H groups in total. The van der Waals surface area contributed by atoms with Crippen LogP contribution in [0.2, 0.25) is 0 Å². The summed E-state index contributed by atoms with van der Waals surface area (Å²) in [6.45, 7) is 20.8. The van der Waals surface area contributed by atoms with Gasteiger partial charge >= 0.3 is 12.2 Å². The smallest absolute Gasteiger partial charge is 0.410 e. The molecule has 3 saturated heterocycles. The van der Waals surface area contributed by atoms with E-state index in [0.717, 1.165) is 86.5 Å². The lowest BCUT2D eigenvalue weighted by Crippen LogP contribution is -2.53. The van der Waals surface area contributed by atoms with E-state index in [2.05, 4.69) is 63.6 Å². The molecule has 0 saturated carbocycles. The summed E-state index contributed by atoms with van der Waals surface area (Å²) in [7, 11) is 0. The average Bonchev–Trinajstić information content (AvgIpc) is 3.20. The zero-order chi connectivity index (χ0) is 47.3. The van der Waals surface area contributed by atoms with Crippen LogP contribution in [-0.4, -0.2) is 117 Å². The summed E-state index contributed by atoms with van der Waals surface area (Å²) in [5.41, 5.74) is 15.7. The molecule has 2 amide bonds. The van der Waals surface area contributed by atoms with E-state index in [4.69, 9.17) is 20.9 Å². The predicted octanol–water partition coefficient (Wildman–Crippen LogP) is 7.12. The number of ether oxygens (including phenoxy) is 2. The number of amides is 2. The summed E-state index contributed by atoms with van der Waals surface area (Å²) in [5.74, 6) is 3.96. The van der Waals surface area contributed by atoms with Gasteiger partial charge in [-0.3, -0.25) is 0 Å². The molecule has 18 heteroatoms. The number of hydrogen-bond acceptors (Lipinski definition) is 16.